The van der Waals surface area contributed by atoms with Crippen LogP contribution in [0, 0.1) is 11.6 Å². The van der Waals surface area contributed by atoms with Gasteiger partial charge in [-0.05, 0) is 42.5 Å². The average Bonchev–Trinajstić information content (AvgIpc) is 3.21. The SMILES string of the molecule is O=C(Nc1ccc(F)c(F)c1)c1cc(Cl)cn2c(-c3ccc(Cl)cc3)c(-c3ccc(Cl)cc3)nc12. The Morgan fingerprint density at radius 2 is 1.40 bits per heavy atom. The van der Waals surface area contributed by atoms with E-state index in [0.29, 0.717) is 27.1 Å². The van der Waals surface area contributed by atoms with Crippen molar-refractivity contribution in [3.8, 4) is 22.5 Å². The van der Waals surface area contributed by atoms with Crippen molar-refractivity contribution in [3.63, 3.8) is 0 Å². The van der Waals surface area contributed by atoms with Gasteiger partial charge < -0.3 is 5.32 Å². The van der Waals surface area contributed by atoms with Gasteiger partial charge in [0.2, 0.25) is 0 Å². The molecule has 0 aliphatic heterocycles. The van der Waals surface area contributed by atoms with E-state index in [1.165, 1.54) is 12.1 Å². The molecule has 5 rings (SSSR count). The highest BCUT2D eigenvalue weighted by molar-refractivity contribution is 6.31. The zero-order valence-corrected chi connectivity index (χ0v) is 20.0. The van der Waals surface area contributed by atoms with Crippen molar-refractivity contribution in [1.29, 1.82) is 0 Å². The summed E-state index contributed by atoms with van der Waals surface area (Å²) in [6, 6.07) is 18.9. The minimum Gasteiger partial charge on any atom is -0.322 e. The number of anilines is 1. The van der Waals surface area contributed by atoms with Crippen molar-refractivity contribution >= 4 is 52.0 Å². The summed E-state index contributed by atoms with van der Waals surface area (Å²) in [5.41, 5.74) is 3.40. The van der Waals surface area contributed by atoms with Crippen molar-refractivity contribution in [2.45, 2.75) is 0 Å². The summed E-state index contributed by atoms with van der Waals surface area (Å²) in [7, 11) is 0. The Labute approximate surface area is 213 Å². The van der Waals surface area contributed by atoms with Gasteiger partial charge in [-0.15, -0.1) is 0 Å². The van der Waals surface area contributed by atoms with Crippen LogP contribution in [0.2, 0.25) is 15.1 Å². The van der Waals surface area contributed by atoms with Crippen molar-refractivity contribution in [3.05, 3.63) is 111 Å². The van der Waals surface area contributed by atoms with Gasteiger partial charge in [0, 0.05) is 39.1 Å². The molecule has 0 radical (unpaired) electrons. The molecule has 1 amide bonds. The molecule has 0 bridgehead atoms. The molecule has 4 nitrogen and oxygen atoms in total. The number of fused-ring (bicyclic) bond motifs is 1. The minimum absolute atomic E-state index is 0.0921. The van der Waals surface area contributed by atoms with Gasteiger partial charge in [-0.25, -0.2) is 13.8 Å². The fraction of sp³-hybridized carbons (Fsp3) is 0. The maximum Gasteiger partial charge on any atom is 0.259 e. The summed E-state index contributed by atoms with van der Waals surface area (Å²) in [5.74, 6) is -2.67. The molecule has 2 heterocycles. The number of carbonyl (C=O) groups excluding carboxylic acids is 1. The minimum atomic E-state index is -1.07. The second-order valence-electron chi connectivity index (χ2n) is 7.67. The van der Waals surface area contributed by atoms with E-state index in [-0.39, 0.29) is 16.3 Å². The van der Waals surface area contributed by atoms with E-state index in [2.05, 4.69) is 5.32 Å². The second kappa shape index (κ2) is 9.30. The number of halogens is 5. The van der Waals surface area contributed by atoms with Crippen LogP contribution in [0.15, 0.2) is 79.0 Å². The molecular formula is C26H14Cl3F2N3O. The lowest BCUT2D eigenvalue weighted by molar-refractivity contribution is 0.102. The number of aromatic nitrogens is 2. The van der Waals surface area contributed by atoms with Gasteiger partial charge in [0.15, 0.2) is 17.3 Å². The zero-order chi connectivity index (χ0) is 24.7. The van der Waals surface area contributed by atoms with Crippen molar-refractivity contribution in [2.24, 2.45) is 0 Å². The number of nitrogens with one attached hydrogen (secondary N) is 1. The number of amides is 1. The van der Waals surface area contributed by atoms with Crippen molar-refractivity contribution in [1.82, 2.24) is 9.38 Å². The Morgan fingerprint density at radius 1 is 0.771 bits per heavy atom. The van der Waals surface area contributed by atoms with E-state index in [1.807, 2.05) is 24.3 Å². The number of imidazole rings is 1. The van der Waals surface area contributed by atoms with E-state index in [4.69, 9.17) is 39.8 Å². The molecule has 35 heavy (non-hydrogen) atoms. The summed E-state index contributed by atoms with van der Waals surface area (Å²) < 4.78 is 28.7. The number of rotatable bonds is 4. The summed E-state index contributed by atoms with van der Waals surface area (Å²) in [6.45, 7) is 0. The Balaban J connectivity index is 1.71. The molecule has 0 aliphatic carbocycles. The smallest absolute Gasteiger partial charge is 0.259 e. The van der Waals surface area contributed by atoms with Gasteiger partial charge in [-0.2, -0.15) is 0 Å². The number of hydrogen-bond acceptors (Lipinski definition) is 2. The summed E-state index contributed by atoms with van der Waals surface area (Å²) >= 11 is 18.6. The number of hydrogen-bond donors (Lipinski definition) is 1. The van der Waals surface area contributed by atoms with Gasteiger partial charge >= 0.3 is 0 Å². The standard InChI is InChI=1S/C26H14Cl3F2N3O/c27-16-5-1-14(2-6-16)23-24(15-3-7-17(28)8-4-15)34-13-18(29)11-20(25(34)33-23)26(35)32-19-9-10-21(30)22(31)12-19/h1-13H,(H,32,35). The highest BCUT2D eigenvalue weighted by atomic mass is 35.5. The predicted molar refractivity (Wildman–Crippen MR) is 135 cm³/mol. The zero-order valence-electron chi connectivity index (χ0n) is 17.7. The largest absolute Gasteiger partial charge is 0.322 e. The van der Waals surface area contributed by atoms with E-state index < -0.39 is 17.5 Å². The first-order valence-corrected chi connectivity index (χ1v) is 11.4. The van der Waals surface area contributed by atoms with Crippen LogP contribution in [0.1, 0.15) is 10.4 Å². The highest BCUT2D eigenvalue weighted by Gasteiger charge is 2.22. The Kier molecular flexibility index (Phi) is 6.19. The average molecular weight is 529 g/mol. The third kappa shape index (κ3) is 4.60. The third-order valence-electron chi connectivity index (χ3n) is 5.34. The van der Waals surface area contributed by atoms with Crippen LogP contribution in [0.4, 0.5) is 14.5 Å². The van der Waals surface area contributed by atoms with Crippen LogP contribution in [0.3, 0.4) is 0 Å². The first-order valence-electron chi connectivity index (χ1n) is 10.3. The van der Waals surface area contributed by atoms with Crippen LogP contribution in [0.5, 0.6) is 0 Å². The van der Waals surface area contributed by atoms with Crippen molar-refractivity contribution < 1.29 is 13.6 Å². The van der Waals surface area contributed by atoms with Gasteiger partial charge in [0.1, 0.15) is 0 Å². The Bertz CT molecular complexity index is 1580. The molecule has 1 N–H and O–H groups in total. The van der Waals surface area contributed by atoms with E-state index in [0.717, 1.165) is 23.3 Å². The van der Waals surface area contributed by atoms with E-state index >= 15 is 0 Å². The van der Waals surface area contributed by atoms with Crippen LogP contribution in [-0.4, -0.2) is 15.3 Å². The fourth-order valence-electron chi connectivity index (χ4n) is 3.74. The molecule has 3 aromatic carbocycles. The lowest BCUT2D eigenvalue weighted by Crippen LogP contribution is -2.14. The number of carbonyl (C=O) groups is 1. The van der Waals surface area contributed by atoms with Gasteiger partial charge in [0.25, 0.3) is 5.91 Å². The second-order valence-corrected chi connectivity index (χ2v) is 8.98. The summed E-state index contributed by atoms with van der Waals surface area (Å²) in [5, 5.41) is 4.00. The molecule has 0 atom stereocenters. The molecule has 0 unspecified atom stereocenters. The van der Waals surface area contributed by atoms with E-state index in [1.54, 1.807) is 34.9 Å². The topological polar surface area (TPSA) is 46.4 Å². The lowest BCUT2D eigenvalue weighted by atomic mass is 10.0. The first-order chi connectivity index (χ1) is 16.8. The molecule has 2 aromatic heterocycles. The number of nitrogens with zero attached hydrogens (tertiary/aromatic N) is 2. The third-order valence-corrected chi connectivity index (χ3v) is 6.05. The monoisotopic (exact) mass is 527 g/mol. The fourth-order valence-corrected chi connectivity index (χ4v) is 4.20. The predicted octanol–water partition coefficient (Wildman–Crippen LogP) is 8.16. The molecule has 0 saturated heterocycles. The first kappa shape index (κ1) is 23.3. The van der Waals surface area contributed by atoms with Crippen LogP contribution >= 0.6 is 34.8 Å². The molecule has 5 aromatic rings. The number of pyridine rings is 1. The van der Waals surface area contributed by atoms with Crippen molar-refractivity contribution in [2.75, 3.05) is 5.32 Å². The Hall–Kier alpha value is -3.45. The lowest BCUT2D eigenvalue weighted by Gasteiger charge is -2.09. The number of benzene rings is 3. The highest BCUT2D eigenvalue weighted by Crippen LogP contribution is 2.36. The van der Waals surface area contributed by atoms with Gasteiger partial charge in [-0.3, -0.25) is 9.20 Å². The quantitative estimate of drug-likeness (QED) is 0.256. The van der Waals surface area contributed by atoms with Crippen LogP contribution in [-0.2, 0) is 0 Å². The van der Waals surface area contributed by atoms with Crippen LogP contribution in [0.25, 0.3) is 28.2 Å². The molecular weight excluding hydrogens is 515 g/mol. The molecule has 0 aliphatic rings. The van der Waals surface area contributed by atoms with Gasteiger partial charge in [-0.1, -0.05) is 59.1 Å². The molecule has 0 spiro atoms. The maximum atomic E-state index is 13.7. The Morgan fingerprint density at radius 3 is 2.03 bits per heavy atom. The maximum absolute atomic E-state index is 13.7. The normalized spacial score (nSPS) is 11.1. The molecule has 0 fully saturated rings. The van der Waals surface area contributed by atoms with Crippen LogP contribution < -0.4 is 5.32 Å². The molecule has 9 heteroatoms. The van der Waals surface area contributed by atoms with E-state index in [9.17, 15) is 13.6 Å². The molecule has 174 valence electrons. The summed E-state index contributed by atoms with van der Waals surface area (Å²) in [4.78, 5) is 18.0. The summed E-state index contributed by atoms with van der Waals surface area (Å²) in [6.07, 6.45) is 1.65. The molecule has 0 saturated carbocycles. The van der Waals surface area contributed by atoms with Gasteiger partial charge in [0.05, 0.1) is 22.0 Å².